The summed E-state index contributed by atoms with van der Waals surface area (Å²) in [6.07, 6.45) is 1.47. The van der Waals surface area contributed by atoms with E-state index in [1.165, 1.54) is 12.1 Å². The molecule has 0 aromatic heterocycles. The first kappa shape index (κ1) is 16.0. The second kappa shape index (κ2) is 7.14. The van der Waals surface area contributed by atoms with Crippen molar-refractivity contribution in [3.05, 3.63) is 65.5 Å². The van der Waals surface area contributed by atoms with Crippen LogP contribution in [0, 0.1) is 17.1 Å². The molecule has 2 aromatic rings. The maximum atomic E-state index is 12.9. The number of carbonyl (C=O) groups is 1. The zero-order valence-corrected chi connectivity index (χ0v) is 13.1. The van der Waals surface area contributed by atoms with Gasteiger partial charge in [0, 0.05) is 31.5 Å². The minimum atomic E-state index is -0.289. The van der Waals surface area contributed by atoms with Crippen molar-refractivity contribution in [2.24, 2.45) is 0 Å². The smallest absolute Gasteiger partial charge is 0.253 e. The number of halogens is 1. The van der Waals surface area contributed by atoms with Crippen molar-refractivity contribution in [2.45, 2.75) is 18.9 Å². The van der Waals surface area contributed by atoms with Gasteiger partial charge in [0.1, 0.15) is 17.7 Å². The highest BCUT2D eigenvalue weighted by molar-refractivity contribution is 5.94. The summed E-state index contributed by atoms with van der Waals surface area (Å²) in [6, 6.07) is 14.8. The van der Waals surface area contributed by atoms with Crippen LogP contribution in [0.1, 0.15) is 28.8 Å². The largest absolute Gasteiger partial charge is 0.490 e. The summed E-state index contributed by atoms with van der Waals surface area (Å²) >= 11 is 0. The molecule has 1 aliphatic heterocycles. The average molecular weight is 324 g/mol. The zero-order valence-electron chi connectivity index (χ0n) is 13.1. The Balaban J connectivity index is 1.57. The number of nitrogens with zero attached hydrogens (tertiary/aromatic N) is 2. The van der Waals surface area contributed by atoms with Crippen molar-refractivity contribution in [3.63, 3.8) is 0 Å². The number of ether oxygens (including phenoxy) is 1. The number of hydrogen-bond donors (Lipinski definition) is 0. The van der Waals surface area contributed by atoms with Crippen molar-refractivity contribution in [1.82, 2.24) is 4.90 Å². The number of benzene rings is 2. The molecule has 1 amide bonds. The molecule has 0 atom stereocenters. The first-order valence-corrected chi connectivity index (χ1v) is 7.87. The highest BCUT2D eigenvalue weighted by Gasteiger charge is 2.24. The SMILES string of the molecule is N#Cc1cccc(C(=O)N2CCC(Oc3ccc(F)cc3)CC2)c1. The number of hydrogen-bond acceptors (Lipinski definition) is 3. The van der Waals surface area contributed by atoms with Crippen LogP contribution in [0.25, 0.3) is 0 Å². The Morgan fingerprint density at radius 2 is 1.88 bits per heavy atom. The van der Waals surface area contributed by atoms with Crippen LogP contribution in [0.5, 0.6) is 5.75 Å². The van der Waals surface area contributed by atoms with Gasteiger partial charge < -0.3 is 9.64 Å². The lowest BCUT2D eigenvalue weighted by Gasteiger charge is -2.32. The molecule has 0 radical (unpaired) electrons. The highest BCUT2D eigenvalue weighted by Crippen LogP contribution is 2.20. The molecule has 122 valence electrons. The summed E-state index contributed by atoms with van der Waals surface area (Å²) in [7, 11) is 0. The molecule has 0 N–H and O–H groups in total. The molecule has 5 heteroatoms. The quantitative estimate of drug-likeness (QED) is 0.870. The summed E-state index contributed by atoms with van der Waals surface area (Å²) in [5.41, 5.74) is 1.02. The van der Waals surface area contributed by atoms with Crippen molar-refractivity contribution >= 4 is 5.91 Å². The van der Waals surface area contributed by atoms with Crippen LogP contribution in [-0.4, -0.2) is 30.0 Å². The Labute approximate surface area is 140 Å². The van der Waals surface area contributed by atoms with E-state index in [-0.39, 0.29) is 17.8 Å². The summed E-state index contributed by atoms with van der Waals surface area (Å²) in [6.45, 7) is 1.20. The molecule has 1 fully saturated rings. The van der Waals surface area contributed by atoms with E-state index in [0.29, 0.717) is 30.0 Å². The van der Waals surface area contributed by atoms with E-state index in [2.05, 4.69) is 0 Å². The van der Waals surface area contributed by atoms with E-state index < -0.39 is 0 Å². The van der Waals surface area contributed by atoms with Crippen molar-refractivity contribution in [3.8, 4) is 11.8 Å². The summed E-state index contributed by atoms with van der Waals surface area (Å²) in [5.74, 6) is 0.289. The number of rotatable bonds is 3. The Hall–Kier alpha value is -2.87. The molecule has 0 aliphatic carbocycles. The molecular weight excluding hydrogens is 307 g/mol. The number of likely N-dealkylation sites (tertiary alicyclic amines) is 1. The van der Waals surface area contributed by atoms with E-state index in [1.807, 2.05) is 6.07 Å². The number of nitriles is 1. The summed E-state index contributed by atoms with van der Waals surface area (Å²) in [5, 5.41) is 8.93. The number of amides is 1. The monoisotopic (exact) mass is 324 g/mol. The van der Waals surface area contributed by atoms with Crippen LogP contribution >= 0.6 is 0 Å². The van der Waals surface area contributed by atoms with E-state index >= 15 is 0 Å². The minimum absolute atomic E-state index is 0.0185. The zero-order chi connectivity index (χ0) is 16.9. The van der Waals surface area contributed by atoms with Gasteiger partial charge in [0.05, 0.1) is 11.6 Å². The van der Waals surface area contributed by atoms with Crippen molar-refractivity contribution < 1.29 is 13.9 Å². The van der Waals surface area contributed by atoms with E-state index in [4.69, 9.17) is 10.00 Å². The van der Waals surface area contributed by atoms with Crippen molar-refractivity contribution in [1.29, 1.82) is 5.26 Å². The second-order valence-corrected chi connectivity index (χ2v) is 5.76. The van der Waals surface area contributed by atoms with Crippen LogP contribution in [0.2, 0.25) is 0 Å². The lowest BCUT2D eigenvalue weighted by Crippen LogP contribution is -2.41. The molecule has 3 rings (SSSR count). The van der Waals surface area contributed by atoms with E-state index in [0.717, 1.165) is 12.8 Å². The predicted octanol–water partition coefficient (Wildman–Crippen LogP) is 3.38. The molecule has 0 spiro atoms. The minimum Gasteiger partial charge on any atom is -0.490 e. The van der Waals surface area contributed by atoms with Gasteiger partial charge in [0.15, 0.2) is 0 Å². The average Bonchev–Trinajstić information content (AvgIpc) is 2.64. The Kier molecular flexibility index (Phi) is 4.76. The van der Waals surface area contributed by atoms with Gasteiger partial charge in [-0.3, -0.25) is 4.79 Å². The summed E-state index contributed by atoms with van der Waals surface area (Å²) < 4.78 is 18.7. The molecule has 0 bridgehead atoms. The van der Waals surface area contributed by atoms with Gasteiger partial charge >= 0.3 is 0 Å². The number of carbonyl (C=O) groups excluding carboxylic acids is 1. The maximum Gasteiger partial charge on any atom is 0.253 e. The highest BCUT2D eigenvalue weighted by atomic mass is 19.1. The second-order valence-electron chi connectivity index (χ2n) is 5.76. The Morgan fingerprint density at radius 1 is 1.17 bits per heavy atom. The fourth-order valence-electron chi connectivity index (χ4n) is 2.79. The molecular formula is C19H17FN2O2. The fraction of sp³-hybridized carbons (Fsp3) is 0.263. The predicted molar refractivity (Wildman–Crippen MR) is 87.1 cm³/mol. The Morgan fingerprint density at radius 3 is 2.54 bits per heavy atom. The third-order valence-corrected chi connectivity index (χ3v) is 4.08. The van der Waals surface area contributed by atoms with Gasteiger partial charge in [-0.15, -0.1) is 0 Å². The topological polar surface area (TPSA) is 53.3 Å². The molecule has 1 heterocycles. The lowest BCUT2D eigenvalue weighted by atomic mass is 10.1. The summed E-state index contributed by atoms with van der Waals surface area (Å²) in [4.78, 5) is 14.3. The molecule has 1 aliphatic rings. The molecule has 2 aromatic carbocycles. The molecule has 0 saturated carbocycles. The van der Waals surface area contributed by atoms with Crippen molar-refractivity contribution in [2.75, 3.05) is 13.1 Å². The number of piperidine rings is 1. The van der Waals surface area contributed by atoms with Gasteiger partial charge in [0.25, 0.3) is 5.91 Å². The van der Waals surface area contributed by atoms with Gasteiger partial charge in [-0.25, -0.2) is 4.39 Å². The maximum absolute atomic E-state index is 12.9. The Bertz CT molecular complexity index is 760. The van der Waals surface area contributed by atoms with Gasteiger partial charge in [-0.1, -0.05) is 6.07 Å². The van der Waals surface area contributed by atoms with E-state index in [1.54, 1.807) is 41.3 Å². The standard InChI is InChI=1S/C19H17FN2O2/c20-16-4-6-17(7-5-16)24-18-8-10-22(11-9-18)19(23)15-3-1-2-14(12-15)13-21/h1-7,12,18H,8-11H2. The molecule has 24 heavy (non-hydrogen) atoms. The van der Waals surface area contributed by atoms with E-state index in [9.17, 15) is 9.18 Å². The fourth-order valence-corrected chi connectivity index (χ4v) is 2.79. The van der Waals surface area contributed by atoms with Crippen LogP contribution < -0.4 is 4.74 Å². The molecule has 0 unspecified atom stereocenters. The normalized spacial score (nSPS) is 14.9. The first-order valence-electron chi connectivity index (χ1n) is 7.87. The first-order chi connectivity index (χ1) is 11.7. The third-order valence-electron chi connectivity index (χ3n) is 4.08. The molecule has 4 nitrogen and oxygen atoms in total. The van der Waals surface area contributed by atoms with Gasteiger partial charge in [-0.05, 0) is 42.5 Å². The van der Waals surface area contributed by atoms with Crippen LogP contribution in [0.4, 0.5) is 4.39 Å². The lowest BCUT2D eigenvalue weighted by molar-refractivity contribution is 0.0595. The van der Waals surface area contributed by atoms with Gasteiger partial charge in [-0.2, -0.15) is 5.26 Å². The molecule has 1 saturated heterocycles. The van der Waals surface area contributed by atoms with Crippen LogP contribution in [-0.2, 0) is 0 Å². The third kappa shape index (κ3) is 3.72. The van der Waals surface area contributed by atoms with Crippen LogP contribution in [0.3, 0.4) is 0 Å². The van der Waals surface area contributed by atoms with Crippen LogP contribution in [0.15, 0.2) is 48.5 Å². The van der Waals surface area contributed by atoms with Gasteiger partial charge in [0.2, 0.25) is 0 Å².